The number of carbonyl (C=O) groups is 1. The van der Waals surface area contributed by atoms with Gasteiger partial charge in [-0.15, -0.1) is 0 Å². The lowest BCUT2D eigenvalue weighted by molar-refractivity contribution is -0.145. The zero-order chi connectivity index (χ0) is 10.8. The first-order valence-electron chi connectivity index (χ1n) is 5.49. The topological polar surface area (TPSA) is 26.3 Å². The summed E-state index contributed by atoms with van der Waals surface area (Å²) in [5.74, 6) is -0.197. The van der Waals surface area contributed by atoms with Gasteiger partial charge in [0.15, 0.2) is 0 Å². The molecule has 0 bridgehead atoms. The smallest absolute Gasteiger partial charge is 0.302 e. The Morgan fingerprint density at radius 1 is 1.36 bits per heavy atom. The normalized spacial score (nSPS) is 13.1. The van der Waals surface area contributed by atoms with Gasteiger partial charge in [0, 0.05) is 13.3 Å². The van der Waals surface area contributed by atoms with Crippen LogP contribution in [0.5, 0.6) is 0 Å². The first-order chi connectivity index (χ1) is 6.66. The standard InChI is InChI=1S/C12H22O2/c1-4-5-6-7-8-9-10-11(2)14-12(3)13/h8-9,11H,4-7,10H2,1-3H3. The predicted molar refractivity (Wildman–Crippen MR) is 59.1 cm³/mol. The van der Waals surface area contributed by atoms with E-state index in [-0.39, 0.29) is 12.1 Å². The van der Waals surface area contributed by atoms with Crippen molar-refractivity contribution in [1.82, 2.24) is 0 Å². The van der Waals surface area contributed by atoms with Gasteiger partial charge in [0.25, 0.3) is 0 Å². The first kappa shape index (κ1) is 13.2. The van der Waals surface area contributed by atoms with Crippen LogP contribution in [0.15, 0.2) is 12.2 Å². The Kier molecular flexibility index (Phi) is 8.30. The van der Waals surface area contributed by atoms with E-state index in [0.29, 0.717) is 0 Å². The molecule has 1 unspecified atom stereocenters. The first-order valence-corrected chi connectivity index (χ1v) is 5.49. The molecule has 82 valence electrons. The maximum Gasteiger partial charge on any atom is 0.302 e. The van der Waals surface area contributed by atoms with Crippen molar-refractivity contribution in [2.75, 3.05) is 0 Å². The summed E-state index contributed by atoms with van der Waals surface area (Å²) >= 11 is 0. The molecule has 0 aromatic carbocycles. The molecular formula is C12H22O2. The number of rotatable bonds is 7. The molecule has 0 rings (SSSR count). The summed E-state index contributed by atoms with van der Waals surface area (Å²) in [5.41, 5.74) is 0. The third-order valence-corrected chi connectivity index (χ3v) is 1.98. The van der Waals surface area contributed by atoms with Crippen LogP contribution in [0.1, 0.15) is 52.9 Å². The molecule has 0 aliphatic rings. The Morgan fingerprint density at radius 2 is 2.07 bits per heavy atom. The van der Waals surface area contributed by atoms with Crippen molar-refractivity contribution in [2.45, 2.75) is 59.0 Å². The van der Waals surface area contributed by atoms with Crippen LogP contribution in [0.25, 0.3) is 0 Å². The van der Waals surface area contributed by atoms with Crippen LogP contribution in [0.3, 0.4) is 0 Å². The SMILES string of the molecule is CCCCCC=CCC(C)OC(C)=O. The highest BCUT2D eigenvalue weighted by molar-refractivity contribution is 5.66. The van der Waals surface area contributed by atoms with Crippen molar-refractivity contribution in [2.24, 2.45) is 0 Å². The highest BCUT2D eigenvalue weighted by Crippen LogP contribution is 2.03. The number of esters is 1. The van der Waals surface area contributed by atoms with Crippen molar-refractivity contribution < 1.29 is 9.53 Å². The molecule has 2 heteroatoms. The second-order valence-electron chi connectivity index (χ2n) is 3.62. The summed E-state index contributed by atoms with van der Waals surface area (Å²) in [4.78, 5) is 10.6. The molecule has 0 fully saturated rings. The zero-order valence-corrected chi connectivity index (χ0v) is 9.58. The maximum atomic E-state index is 10.6. The van der Waals surface area contributed by atoms with E-state index in [1.807, 2.05) is 6.92 Å². The molecule has 0 aromatic rings. The third-order valence-electron chi connectivity index (χ3n) is 1.98. The van der Waals surface area contributed by atoms with Gasteiger partial charge in [-0.2, -0.15) is 0 Å². The van der Waals surface area contributed by atoms with Gasteiger partial charge in [-0.1, -0.05) is 31.9 Å². The Balaban J connectivity index is 3.36. The lowest BCUT2D eigenvalue weighted by Crippen LogP contribution is -2.10. The van der Waals surface area contributed by atoms with Crippen molar-refractivity contribution in [3.63, 3.8) is 0 Å². The second kappa shape index (κ2) is 8.79. The number of hydrogen-bond acceptors (Lipinski definition) is 2. The third kappa shape index (κ3) is 9.30. The van der Waals surface area contributed by atoms with Crippen LogP contribution in [0.2, 0.25) is 0 Å². The predicted octanol–water partition coefficient (Wildman–Crippen LogP) is 3.46. The molecule has 0 amide bonds. The molecule has 0 radical (unpaired) electrons. The van der Waals surface area contributed by atoms with Crippen LogP contribution in [0, 0.1) is 0 Å². The van der Waals surface area contributed by atoms with Crippen LogP contribution >= 0.6 is 0 Å². The lowest BCUT2D eigenvalue weighted by Gasteiger charge is -2.08. The van der Waals surface area contributed by atoms with Gasteiger partial charge in [0.1, 0.15) is 6.10 Å². The molecule has 0 aromatic heterocycles. The van der Waals surface area contributed by atoms with E-state index >= 15 is 0 Å². The lowest BCUT2D eigenvalue weighted by atomic mass is 10.2. The Morgan fingerprint density at radius 3 is 2.64 bits per heavy atom. The molecule has 0 N–H and O–H groups in total. The van der Waals surface area contributed by atoms with Gasteiger partial charge in [0.05, 0.1) is 0 Å². The minimum atomic E-state index is -0.197. The van der Waals surface area contributed by atoms with Gasteiger partial charge in [-0.25, -0.2) is 0 Å². The van der Waals surface area contributed by atoms with Gasteiger partial charge < -0.3 is 4.74 Å². The second-order valence-corrected chi connectivity index (χ2v) is 3.62. The van der Waals surface area contributed by atoms with E-state index in [1.165, 1.54) is 26.2 Å². The van der Waals surface area contributed by atoms with Gasteiger partial charge in [0.2, 0.25) is 0 Å². The highest BCUT2D eigenvalue weighted by atomic mass is 16.5. The number of ether oxygens (including phenoxy) is 1. The van der Waals surface area contributed by atoms with E-state index in [4.69, 9.17) is 4.74 Å². The van der Waals surface area contributed by atoms with Gasteiger partial charge >= 0.3 is 5.97 Å². The van der Waals surface area contributed by atoms with Crippen molar-refractivity contribution in [3.05, 3.63) is 12.2 Å². The monoisotopic (exact) mass is 198 g/mol. The van der Waals surface area contributed by atoms with Gasteiger partial charge in [-0.05, 0) is 19.8 Å². The molecular weight excluding hydrogens is 176 g/mol. The maximum absolute atomic E-state index is 10.6. The highest BCUT2D eigenvalue weighted by Gasteiger charge is 2.01. The fourth-order valence-corrected chi connectivity index (χ4v) is 1.25. The van der Waals surface area contributed by atoms with E-state index in [1.54, 1.807) is 0 Å². The average Bonchev–Trinajstić information content (AvgIpc) is 2.10. The molecule has 0 saturated carbocycles. The summed E-state index contributed by atoms with van der Waals surface area (Å²) in [7, 11) is 0. The van der Waals surface area contributed by atoms with Crippen molar-refractivity contribution in [3.8, 4) is 0 Å². The Bertz CT molecular complexity index is 173. The summed E-state index contributed by atoms with van der Waals surface area (Å²) < 4.78 is 4.99. The minimum Gasteiger partial charge on any atom is -0.463 e. The number of hydrogen-bond donors (Lipinski definition) is 0. The van der Waals surface area contributed by atoms with Gasteiger partial charge in [-0.3, -0.25) is 4.79 Å². The molecule has 0 spiro atoms. The van der Waals surface area contributed by atoms with Crippen molar-refractivity contribution in [1.29, 1.82) is 0 Å². The molecule has 0 heterocycles. The van der Waals surface area contributed by atoms with Crippen LogP contribution in [0.4, 0.5) is 0 Å². The Labute approximate surface area is 87.3 Å². The van der Waals surface area contributed by atoms with Crippen molar-refractivity contribution >= 4 is 5.97 Å². The largest absolute Gasteiger partial charge is 0.463 e. The van der Waals surface area contributed by atoms with E-state index < -0.39 is 0 Å². The van der Waals surface area contributed by atoms with E-state index in [2.05, 4.69) is 19.1 Å². The summed E-state index contributed by atoms with van der Waals surface area (Å²) in [6.07, 6.45) is 10.1. The average molecular weight is 198 g/mol. The quantitative estimate of drug-likeness (QED) is 0.356. The van der Waals surface area contributed by atoms with Crippen LogP contribution in [-0.2, 0) is 9.53 Å². The molecule has 14 heavy (non-hydrogen) atoms. The fourth-order valence-electron chi connectivity index (χ4n) is 1.25. The summed E-state index contributed by atoms with van der Waals surface area (Å²) in [5, 5.41) is 0. The number of unbranched alkanes of at least 4 members (excludes halogenated alkanes) is 3. The summed E-state index contributed by atoms with van der Waals surface area (Å²) in [6, 6.07) is 0. The molecule has 1 atom stereocenters. The fraction of sp³-hybridized carbons (Fsp3) is 0.750. The van der Waals surface area contributed by atoms with Crippen LogP contribution in [-0.4, -0.2) is 12.1 Å². The number of carbonyl (C=O) groups excluding carboxylic acids is 1. The molecule has 0 aliphatic carbocycles. The number of allylic oxidation sites excluding steroid dienone is 1. The molecule has 2 nitrogen and oxygen atoms in total. The van der Waals surface area contributed by atoms with E-state index in [0.717, 1.165) is 12.8 Å². The summed E-state index contributed by atoms with van der Waals surface area (Å²) in [6.45, 7) is 5.56. The van der Waals surface area contributed by atoms with E-state index in [9.17, 15) is 4.79 Å². The Hall–Kier alpha value is -0.790. The molecule has 0 saturated heterocycles. The molecule has 0 aliphatic heterocycles. The zero-order valence-electron chi connectivity index (χ0n) is 9.58. The van der Waals surface area contributed by atoms with Crippen LogP contribution < -0.4 is 0 Å². The minimum absolute atomic E-state index is 0.00919.